The quantitative estimate of drug-likeness (QED) is 0.453. The fourth-order valence-corrected chi connectivity index (χ4v) is 5.29. The highest BCUT2D eigenvalue weighted by Crippen LogP contribution is 2.42. The van der Waals surface area contributed by atoms with Crippen LogP contribution in [0.3, 0.4) is 0 Å². The number of fused-ring (bicyclic) bond motifs is 1. The van der Waals surface area contributed by atoms with Crippen LogP contribution < -0.4 is 4.74 Å². The minimum Gasteiger partial charge on any atom is -0.493 e. The van der Waals surface area contributed by atoms with E-state index < -0.39 is 6.23 Å². The first-order valence-corrected chi connectivity index (χ1v) is 11.8. The SMILES string of the molecule is C=CCc1ccccc1OCCCC(=O)N1[C@@H](OC(=O)N2CCCC2)C[C@@H]2CCC[C@@H]21. The maximum absolute atomic E-state index is 13.1. The molecule has 1 aromatic carbocycles. The molecule has 1 aliphatic carbocycles. The number of nitrogens with zero attached hydrogens (tertiary/aromatic N) is 2. The number of rotatable bonds is 8. The Balaban J connectivity index is 1.31. The number of para-hydroxylation sites is 1. The fourth-order valence-electron chi connectivity index (χ4n) is 5.29. The van der Waals surface area contributed by atoms with Crippen molar-refractivity contribution in [3.63, 3.8) is 0 Å². The number of ether oxygens (including phenoxy) is 2. The zero-order valence-corrected chi connectivity index (χ0v) is 18.3. The first kappa shape index (κ1) is 21.7. The number of allylic oxidation sites excluding steroid dienone is 1. The predicted octanol–water partition coefficient (Wildman–Crippen LogP) is 4.53. The maximum Gasteiger partial charge on any atom is 0.411 e. The van der Waals surface area contributed by atoms with Crippen molar-refractivity contribution in [1.29, 1.82) is 0 Å². The third-order valence-corrected chi connectivity index (χ3v) is 6.81. The molecular weight excluding hydrogens is 392 g/mol. The molecule has 3 aliphatic rings. The summed E-state index contributed by atoms with van der Waals surface area (Å²) >= 11 is 0. The van der Waals surface area contributed by atoms with Crippen molar-refractivity contribution in [3.05, 3.63) is 42.5 Å². The summed E-state index contributed by atoms with van der Waals surface area (Å²) in [7, 11) is 0. The molecule has 1 aromatic rings. The molecule has 6 nitrogen and oxygen atoms in total. The fraction of sp³-hybridized carbons (Fsp3) is 0.600. The van der Waals surface area contributed by atoms with Gasteiger partial charge < -0.3 is 19.3 Å². The first-order valence-electron chi connectivity index (χ1n) is 11.8. The van der Waals surface area contributed by atoms with Crippen LogP contribution in [0.4, 0.5) is 4.79 Å². The second-order valence-electron chi connectivity index (χ2n) is 8.88. The molecule has 31 heavy (non-hydrogen) atoms. The normalized spacial score (nSPS) is 24.8. The summed E-state index contributed by atoms with van der Waals surface area (Å²) in [6.45, 7) is 5.80. The van der Waals surface area contributed by atoms with Gasteiger partial charge >= 0.3 is 6.09 Å². The number of benzene rings is 1. The van der Waals surface area contributed by atoms with Gasteiger partial charge in [-0.15, -0.1) is 6.58 Å². The molecular formula is C25H34N2O4. The summed E-state index contributed by atoms with van der Waals surface area (Å²) in [6.07, 6.45) is 9.12. The van der Waals surface area contributed by atoms with Crippen molar-refractivity contribution in [2.24, 2.45) is 5.92 Å². The van der Waals surface area contributed by atoms with Crippen molar-refractivity contribution < 1.29 is 19.1 Å². The van der Waals surface area contributed by atoms with Gasteiger partial charge in [-0.05, 0) is 56.1 Å². The third kappa shape index (κ3) is 5.05. The molecule has 0 unspecified atom stereocenters. The summed E-state index contributed by atoms with van der Waals surface area (Å²) < 4.78 is 11.8. The van der Waals surface area contributed by atoms with Crippen LogP contribution >= 0.6 is 0 Å². The Morgan fingerprint density at radius 2 is 1.94 bits per heavy atom. The van der Waals surface area contributed by atoms with Crippen LogP contribution in [0.5, 0.6) is 5.75 Å². The second-order valence-corrected chi connectivity index (χ2v) is 8.88. The van der Waals surface area contributed by atoms with Crippen LogP contribution in [-0.4, -0.2) is 53.8 Å². The van der Waals surface area contributed by atoms with Gasteiger partial charge in [0.05, 0.1) is 6.61 Å². The predicted molar refractivity (Wildman–Crippen MR) is 119 cm³/mol. The van der Waals surface area contributed by atoms with Crippen LogP contribution in [-0.2, 0) is 16.0 Å². The molecule has 1 saturated carbocycles. The Morgan fingerprint density at radius 1 is 1.13 bits per heavy atom. The molecule has 4 rings (SSSR count). The van der Waals surface area contributed by atoms with Gasteiger partial charge in [-0.2, -0.15) is 0 Å². The molecule has 0 spiro atoms. The molecule has 0 bridgehead atoms. The number of hydrogen-bond acceptors (Lipinski definition) is 4. The van der Waals surface area contributed by atoms with Gasteiger partial charge in [-0.1, -0.05) is 30.7 Å². The van der Waals surface area contributed by atoms with E-state index in [0.717, 1.165) is 69.3 Å². The molecule has 168 valence electrons. The van der Waals surface area contributed by atoms with E-state index in [0.29, 0.717) is 25.4 Å². The standard InChI is InChI=1S/C25H34N2O4/c1-2-9-19-10-3-4-13-22(19)30-17-8-14-23(28)27-21-12-7-11-20(21)18-24(27)31-25(29)26-15-5-6-16-26/h2-4,10,13,20-21,24H,1,5-9,11-12,14-18H2/t20-,21-,24-/m0/s1. The molecule has 3 fully saturated rings. The van der Waals surface area contributed by atoms with Crippen LogP contribution in [0.1, 0.15) is 56.9 Å². The Kier molecular flexibility index (Phi) is 7.15. The van der Waals surface area contributed by atoms with Crippen molar-refractivity contribution in [1.82, 2.24) is 9.80 Å². The third-order valence-electron chi connectivity index (χ3n) is 6.81. The van der Waals surface area contributed by atoms with Crippen LogP contribution in [0.25, 0.3) is 0 Å². The van der Waals surface area contributed by atoms with Gasteiger partial charge in [-0.25, -0.2) is 4.79 Å². The molecule has 0 radical (unpaired) electrons. The van der Waals surface area contributed by atoms with E-state index in [9.17, 15) is 9.59 Å². The first-order chi connectivity index (χ1) is 15.2. The van der Waals surface area contributed by atoms with Gasteiger partial charge in [0.25, 0.3) is 0 Å². The van der Waals surface area contributed by atoms with Gasteiger partial charge in [-0.3, -0.25) is 4.79 Å². The van der Waals surface area contributed by atoms with Gasteiger partial charge in [0.15, 0.2) is 6.23 Å². The van der Waals surface area contributed by atoms with Crippen LogP contribution in [0.15, 0.2) is 36.9 Å². The molecule has 2 heterocycles. The lowest BCUT2D eigenvalue weighted by atomic mass is 10.0. The van der Waals surface area contributed by atoms with E-state index in [-0.39, 0.29) is 18.0 Å². The highest BCUT2D eigenvalue weighted by molar-refractivity contribution is 5.78. The van der Waals surface area contributed by atoms with Crippen molar-refractivity contribution in [3.8, 4) is 5.75 Å². The summed E-state index contributed by atoms with van der Waals surface area (Å²) in [5, 5.41) is 0. The van der Waals surface area contributed by atoms with E-state index in [1.54, 1.807) is 4.90 Å². The summed E-state index contributed by atoms with van der Waals surface area (Å²) in [4.78, 5) is 29.3. The van der Waals surface area contributed by atoms with Gasteiger partial charge in [0.2, 0.25) is 5.91 Å². The molecule has 0 N–H and O–H groups in total. The van der Waals surface area contributed by atoms with Crippen LogP contribution in [0, 0.1) is 5.92 Å². The Bertz CT molecular complexity index is 789. The lowest BCUT2D eigenvalue weighted by molar-refractivity contribution is -0.141. The zero-order chi connectivity index (χ0) is 21.6. The lowest BCUT2D eigenvalue weighted by Crippen LogP contribution is -2.45. The molecule has 2 amide bonds. The highest BCUT2D eigenvalue weighted by atomic mass is 16.6. The van der Waals surface area contributed by atoms with Gasteiger partial charge in [0, 0.05) is 32.0 Å². The topological polar surface area (TPSA) is 59.1 Å². The number of amides is 2. The zero-order valence-electron chi connectivity index (χ0n) is 18.3. The van der Waals surface area contributed by atoms with E-state index >= 15 is 0 Å². The average Bonchev–Trinajstić information content (AvgIpc) is 3.50. The lowest BCUT2D eigenvalue weighted by Gasteiger charge is -2.30. The van der Waals surface area contributed by atoms with Crippen molar-refractivity contribution >= 4 is 12.0 Å². The van der Waals surface area contributed by atoms with Gasteiger partial charge in [0.1, 0.15) is 5.75 Å². The van der Waals surface area contributed by atoms with E-state index in [1.165, 1.54) is 0 Å². The Labute approximate surface area is 185 Å². The Morgan fingerprint density at radius 3 is 2.74 bits per heavy atom. The Hall–Kier alpha value is -2.50. The summed E-state index contributed by atoms with van der Waals surface area (Å²) in [5.41, 5.74) is 1.10. The van der Waals surface area contributed by atoms with E-state index in [4.69, 9.17) is 9.47 Å². The number of likely N-dealkylation sites (tertiary alicyclic amines) is 2. The van der Waals surface area contributed by atoms with Crippen molar-refractivity contribution in [2.45, 2.75) is 70.1 Å². The molecule has 3 atom stereocenters. The van der Waals surface area contributed by atoms with Crippen LogP contribution in [0.2, 0.25) is 0 Å². The second kappa shape index (κ2) is 10.2. The number of carbonyl (C=O) groups excluding carboxylic acids is 2. The molecule has 6 heteroatoms. The minimum atomic E-state index is -0.412. The molecule has 2 saturated heterocycles. The van der Waals surface area contributed by atoms with E-state index in [1.807, 2.05) is 35.2 Å². The highest BCUT2D eigenvalue weighted by Gasteiger charge is 2.47. The summed E-state index contributed by atoms with van der Waals surface area (Å²) in [5.74, 6) is 1.39. The van der Waals surface area contributed by atoms with Crippen molar-refractivity contribution in [2.75, 3.05) is 19.7 Å². The minimum absolute atomic E-state index is 0.0802. The average molecular weight is 427 g/mol. The number of hydrogen-bond donors (Lipinski definition) is 0. The summed E-state index contributed by atoms with van der Waals surface area (Å²) in [6, 6.07) is 8.16. The monoisotopic (exact) mass is 426 g/mol. The molecule has 0 aromatic heterocycles. The van der Waals surface area contributed by atoms with E-state index in [2.05, 4.69) is 6.58 Å². The molecule has 2 aliphatic heterocycles. The smallest absolute Gasteiger partial charge is 0.411 e. The largest absolute Gasteiger partial charge is 0.493 e. The number of carbonyl (C=O) groups is 2. The maximum atomic E-state index is 13.1.